The quantitative estimate of drug-likeness (QED) is 0.247. The number of hydrogen-bond acceptors (Lipinski definition) is 4. The molecule has 0 atom stereocenters. The Morgan fingerprint density at radius 2 is 1.70 bits per heavy atom. The maximum absolute atomic E-state index is 5.94. The molecule has 0 fully saturated rings. The SMILES string of the molecule is CCOc1ccccc1Oc1ccc(CN=C(N)NCCc2ccccc2)cn1.I. The van der Waals surface area contributed by atoms with Crippen LogP contribution in [0.4, 0.5) is 0 Å². The topological polar surface area (TPSA) is 81.8 Å². The number of nitrogens with two attached hydrogens (primary N) is 1. The Morgan fingerprint density at radius 1 is 0.967 bits per heavy atom. The van der Waals surface area contributed by atoms with E-state index in [9.17, 15) is 0 Å². The average Bonchev–Trinajstić information content (AvgIpc) is 2.76. The van der Waals surface area contributed by atoms with Crippen LogP contribution >= 0.6 is 24.0 Å². The molecule has 3 aromatic rings. The van der Waals surface area contributed by atoms with Crippen LogP contribution in [0.15, 0.2) is 77.9 Å². The molecule has 3 N–H and O–H groups in total. The van der Waals surface area contributed by atoms with Crippen molar-refractivity contribution in [3.63, 3.8) is 0 Å². The van der Waals surface area contributed by atoms with Crippen molar-refractivity contribution in [2.45, 2.75) is 19.9 Å². The van der Waals surface area contributed by atoms with Crippen LogP contribution in [-0.4, -0.2) is 24.1 Å². The monoisotopic (exact) mass is 518 g/mol. The summed E-state index contributed by atoms with van der Waals surface area (Å²) in [5.74, 6) is 2.25. The first-order valence-electron chi connectivity index (χ1n) is 9.67. The number of halogens is 1. The minimum Gasteiger partial charge on any atom is -0.490 e. The standard InChI is InChI=1S/C23H26N4O2.HI/c1-2-28-20-10-6-7-11-21(20)29-22-13-12-19(16-26-22)17-27-23(24)25-15-14-18-8-4-3-5-9-18;/h3-13,16H,2,14-15,17H2,1H3,(H3,24,25,27);1H. The molecule has 158 valence electrons. The third-order valence-electron chi connectivity index (χ3n) is 4.16. The van der Waals surface area contributed by atoms with E-state index in [1.165, 1.54) is 5.56 Å². The van der Waals surface area contributed by atoms with Gasteiger partial charge in [0.2, 0.25) is 5.88 Å². The van der Waals surface area contributed by atoms with Gasteiger partial charge in [0.15, 0.2) is 17.5 Å². The molecule has 0 aliphatic carbocycles. The van der Waals surface area contributed by atoms with Crippen LogP contribution in [0.25, 0.3) is 0 Å². The highest BCUT2D eigenvalue weighted by atomic mass is 127. The zero-order valence-corrected chi connectivity index (χ0v) is 19.3. The van der Waals surface area contributed by atoms with E-state index in [4.69, 9.17) is 15.2 Å². The normalized spacial score (nSPS) is 10.8. The number of rotatable bonds is 9. The molecule has 0 unspecified atom stereocenters. The van der Waals surface area contributed by atoms with E-state index in [2.05, 4.69) is 27.4 Å². The van der Waals surface area contributed by atoms with E-state index in [0.29, 0.717) is 36.5 Å². The Morgan fingerprint density at radius 3 is 2.40 bits per heavy atom. The predicted molar refractivity (Wildman–Crippen MR) is 131 cm³/mol. The Balaban J connectivity index is 0.00000320. The molecule has 2 aromatic carbocycles. The van der Waals surface area contributed by atoms with Crippen LogP contribution in [0, 0.1) is 0 Å². The molecule has 0 saturated carbocycles. The van der Waals surface area contributed by atoms with Crippen molar-refractivity contribution in [1.29, 1.82) is 0 Å². The Labute approximate surface area is 194 Å². The lowest BCUT2D eigenvalue weighted by molar-refractivity contribution is 0.319. The zero-order valence-electron chi connectivity index (χ0n) is 17.0. The number of hydrogen-bond donors (Lipinski definition) is 2. The summed E-state index contributed by atoms with van der Waals surface area (Å²) in [6, 6.07) is 21.5. The van der Waals surface area contributed by atoms with Gasteiger partial charge in [-0.3, -0.25) is 0 Å². The van der Waals surface area contributed by atoms with Gasteiger partial charge in [-0.1, -0.05) is 48.5 Å². The van der Waals surface area contributed by atoms with Crippen LogP contribution in [0.1, 0.15) is 18.1 Å². The molecule has 0 aliphatic rings. The third kappa shape index (κ3) is 7.55. The maximum Gasteiger partial charge on any atom is 0.219 e. The summed E-state index contributed by atoms with van der Waals surface area (Å²) in [5.41, 5.74) is 8.15. The van der Waals surface area contributed by atoms with E-state index in [1.807, 2.05) is 61.5 Å². The fraction of sp³-hybridized carbons (Fsp3) is 0.217. The van der Waals surface area contributed by atoms with E-state index >= 15 is 0 Å². The smallest absolute Gasteiger partial charge is 0.219 e. The van der Waals surface area contributed by atoms with Crippen molar-refractivity contribution in [3.8, 4) is 17.4 Å². The summed E-state index contributed by atoms with van der Waals surface area (Å²) in [5, 5.41) is 3.13. The molecule has 3 rings (SSSR count). The van der Waals surface area contributed by atoms with Crippen LogP contribution in [-0.2, 0) is 13.0 Å². The molecule has 0 bridgehead atoms. The highest BCUT2D eigenvalue weighted by molar-refractivity contribution is 14.0. The van der Waals surface area contributed by atoms with Gasteiger partial charge in [-0.15, -0.1) is 24.0 Å². The lowest BCUT2D eigenvalue weighted by Gasteiger charge is -2.10. The molecule has 1 aromatic heterocycles. The van der Waals surface area contributed by atoms with E-state index in [0.717, 1.165) is 18.5 Å². The van der Waals surface area contributed by atoms with Crippen LogP contribution < -0.4 is 20.5 Å². The van der Waals surface area contributed by atoms with Gasteiger partial charge in [-0.25, -0.2) is 9.98 Å². The number of nitrogens with zero attached hydrogens (tertiary/aromatic N) is 2. The minimum atomic E-state index is 0. The van der Waals surface area contributed by atoms with Gasteiger partial charge < -0.3 is 20.5 Å². The summed E-state index contributed by atoms with van der Waals surface area (Å²) in [4.78, 5) is 8.71. The van der Waals surface area contributed by atoms with E-state index in [1.54, 1.807) is 6.20 Å². The third-order valence-corrected chi connectivity index (χ3v) is 4.16. The number of ether oxygens (including phenoxy) is 2. The van der Waals surface area contributed by atoms with Gasteiger partial charge in [0.1, 0.15) is 0 Å². The number of benzene rings is 2. The second-order valence-corrected chi connectivity index (χ2v) is 6.35. The molecule has 0 aliphatic heterocycles. The highest BCUT2D eigenvalue weighted by Gasteiger charge is 2.06. The summed E-state index contributed by atoms with van der Waals surface area (Å²) >= 11 is 0. The van der Waals surface area contributed by atoms with Gasteiger partial charge in [0.25, 0.3) is 0 Å². The molecule has 6 nitrogen and oxygen atoms in total. The van der Waals surface area contributed by atoms with Crippen molar-refractivity contribution >= 4 is 29.9 Å². The van der Waals surface area contributed by atoms with Gasteiger partial charge in [0.05, 0.1) is 13.2 Å². The number of aromatic nitrogens is 1. The van der Waals surface area contributed by atoms with Gasteiger partial charge in [0, 0.05) is 18.8 Å². The Hall–Kier alpha value is -2.81. The van der Waals surface area contributed by atoms with Crippen molar-refractivity contribution in [2.75, 3.05) is 13.2 Å². The number of nitrogens with one attached hydrogen (secondary N) is 1. The predicted octanol–water partition coefficient (Wildman–Crippen LogP) is 4.54. The molecule has 1 heterocycles. The zero-order chi connectivity index (χ0) is 20.3. The molecule has 30 heavy (non-hydrogen) atoms. The van der Waals surface area contributed by atoms with Crippen molar-refractivity contribution in [2.24, 2.45) is 10.7 Å². The van der Waals surface area contributed by atoms with Crippen LogP contribution in [0.2, 0.25) is 0 Å². The van der Waals surface area contributed by atoms with Crippen molar-refractivity contribution < 1.29 is 9.47 Å². The molecule has 0 amide bonds. The first kappa shape index (κ1) is 23.5. The largest absolute Gasteiger partial charge is 0.490 e. The van der Waals surface area contributed by atoms with Gasteiger partial charge in [-0.05, 0) is 36.6 Å². The molecule has 7 heteroatoms. The summed E-state index contributed by atoms with van der Waals surface area (Å²) in [7, 11) is 0. The maximum atomic E-state index is 5.94. The number of pyridine rings is 1. The second-order valence-electron chi connectivity index (χ2n) is 6.35. The Kier molecular flexibility index (Phi) is 9.93. The summed E-state index contributed by atoms with van der Waals surface area (Å²) in [6.07, 6.45) is 2.63. The summed E-state index contributed by atoms with van der Waals surface area (Å²) in [6.45, 7) is 3.70. The van der Waals surface area contributed by atoms with Gasteiger partial charge >= 0.3 is 0 Å². The lowest BCUT2D eigenvalue weighted by atomic mass is 10.1. The molecular weight excluding hydrogens is 491 g/mol. The molecular formula is C23H27IN4O2. The van der Waals surface area contributed by atoms with E-state index in [-0.39, 0.29) is 24.0 Å². The number of para-hydroxylation sites is 2. The van der Waals surface area contributed by atoms with Gasteiger partial charge in [-0.2, -0.15) is 0 Å². The van der Waals surface area contributed by atoms with Crippen molar-refractivity contribution in [3.05, 3.63) is 84.1 Å². The average molecular weight is 518 g/mol. The lowest BCUT2D eigenvalue weighted by Crippen LogP contribution is -2.33. The fourth-order valence-corrected chi connectivity index (χ4v) is 2.70. The molecule has 0 spiro atoms. The number of guanidine groups is 1. The van der Waals surface area contributed by atoms with Crippen molar-refractivity contribution in [1.82, 2.24) is 10.3 Å². The Bertz CT molecular complexity index is 918. The number of aliphatic imine (C=N–C) groups is 1. The second kappa shape index (κ2) is 12.7. The highest BCUT2D eigenvalue weighted by Crippen LogP contribution is 2.30. The summed E-state index contributed by atoms with van der Waals surface area (Å²) < 4.78 is 11.4. The van der Waals surface area contributed by atoms with Crippen LogP contribution in [0.5, 0.6) is 17.4 Å². The van der Waals surface area contributed by atoms with Crippen LogP contribution in [0.3, 0.4) is 0 Å². The minimum absolute atomic E-state index is 0. The van der Waals surface area contributed by atoms with E-state index < -0.39 is 0 Å². The first-order chi connectivity index (χ1) is 14.2. The fourth-order valence-electron chi connectivity index (χ4n) is 2.70. The molecule has 0 saturated heterocycles. The molecule has 0 radical (unpaired) electrons. The first-order valence-corrected chi connectivity index (χ1v) is 9.67.